The molecule has 2 aliphatic rings. The highest BCUT2D eigenvalue weighted by molar-refractivity contribution is 5.71. The van der Waals surface area contributed by atoms with E-state index in [1.54, 1.807) is 0 Å². The van der Waals surface area contributed by atoms with Gasteiger partial charge in [0.05, 0.1) is 5.76 Å². The van der Waals surface area contributed by atoms with Crippen LogP contribution in [0.1, 0.15) is 107 Å². The highest BCUT2D eigenvalue weighted by Gasteiger charge is 2.37. The lowest BCUT2D eigenvalue weighted by atomic mass is 9.64. The Hall–Kier alpha value is -0.990. The molecule has 0 aromatic heterocycles. The molecule has 0 aliphatic heterocycles. The molecule has 0 saturated heterocycles. The normalized spacial score (nSPS) is 22.9. The van der Waals surface area contributed by atoms with Crippen LogP contribution in [0.4, 0.5) is 0 Å². The standard InChI is InChI=1S/C26H46O3/c1-24(2,3)17-22(25(4,5)6)19-13-15-21(16-14-19)28-18-23(27)29-26(7,8)20-11-9-10-12-20/h15,19-20,22H,9-14,16-18H2,1-8H3. The van der Waals surface area contributed by atoms with Gasteiger partial charge in [-0.2, -0.15) is 0 Å². The van der Waals surface area contributed by atoms with E-state index in [1.807, 2.05) is 13.8 Å². The molecule has 2 atom stereocenters. The van der Waals surface area contributed by atoms with Gasteiger partial charge in [0.25, 0.3) is 0 Å². The zero-order valence-corrected chi connectivity index (χ0v) is 20.4. The van der Waals surface area contributed by atoms with Gasteiger partial charge in [-0.15, -0.1) is 0 Å². The van der Waals surface area contributed by atoms with Gasteiger partial charge in [-0.1, -0.05) is 54.4 Å². The number of carbonyl (C=O) groups is 1. The summed E-state index contributed by atoms with van der Waals surface area (Å²) in [4.78, 5) is 12.3. The molecule has 0 spiro atoms. The molecule has 0 bridgehead atoms. The summed E-state index contributed by atoms with van der Waals surface area (Å²) in [6.07, 6.45) is 11.4. The Morgan fingerprint density at radius 1 is 1.03 bits per heavy atom. The molecule has 0 aromatic rings. The highest BCUT2D eigenvalue weighted by atomic mass is 16.6. The molecular formula is C26H46O3. The Morgan fingerprint density at radius 2 is 1.66 bits per heavy atom. The minimum Gasteiger partial charge on any atom is -0.487 e. The molecule has 0 N–H and O–H groups in total. The van der Waals surface area contributed by atoms with Gasteiger partial charge in [0, 0.05) is 6.42 Å². The predicted octanol–water partition coefficient (Wildman–Crippen LogP) is 7.30. The number of hydrogen-bond donors (Lipinski definition) is 0. The summed E-state index contributed by atoms with van der Waals surface area (Å²) in [7, 11) is 0. The lowest BCUT2D eigenvalue weighted by Gasteiger charge is -2.42. The summed E-state index contributed by atoms with van der Waals surface area (Å²) in [5.41, 5.74) is 0.268. The summed E-state index contributed by atoms with van der Waals surface area (Å²) >= 11 is 0. The Bertz CT molecular complexity index is 568. The van der Waals surface area contributed by atoms with Crippen LogP contribution in [-0.2, 0) is 14.3 Å². The van der Waals surface area contributed by atoms with E-state index in [0.717, 1.165) is 37.9 Å². The third kappa shape index (κ3) is 7.64. The van der Waals surface area contributed by atoms with Crippen LogP contribution in [0.5, 0.6) is 0 Å². The van der Waals surface area contributed by atoms with Crippen molar-refractivity contribution in [3.05, 3.63) is 11.8 Å². The summed E-state index contributed by atoms with van der Waals surface area (Å²) < 4.78 is 11.6. The van der Waals surface area contributed by atoms with E-state index in [4.69, 9.17) is 9.47 Å². The molecule has 0 aromatic carbocycles. The zero-order chi connectivity index (χ0) is 21.9. The second-order valence-corrected chi connectivity index (χ2v) is 12.3. The lowest BCUT2D eigenvalue weighted by Crippen LogP contribution is -2.36. The van der Waals surface area contributed by atoms with Crippen LogP contribution in [0.25, 0.3) is 0 Å². The molecule has 1 saturated carbocycles. The monoisotopic (exact) mass is 406 g/mol. The van der Waals surface area contributed by atoms with Gasteiger partial charge in [0.2, 0.25) is 0 Å². The first-order valence-electron chi connectivity index (χ1n) is 11.8. The molecule has 2 unspecified atom stereocenters. The van der Waals surface area contributed by atoms with Gasteiger partial charge in [-0.3, -0.25) is 0 Å². The van der Waals surface area contributed by atoms with Crippen LogP contribution in [0.2, 0.25) is 0 Å². The number of ether oxygens (including phenoxy) is 2. The van der Waals surface area contributed by atoms with E-state index in [9.17, 15) is 4.79 Å². The van der Waals surface area contributed by atoms with Crippen LogP contribution in [-0.4, -0.2) is 18.2 Å². The molecule has 29 heavy (non-hydrogen) atoms. The first-order valence-corrected chi connectivity index (χ1v) is 11.8. The quantitative estimate of drug-likeness (QED) is 0.416. The minimum absolute atomic E-state index is 0.0390. The van der Waals surface area contributed by atoms with Crippen molar-refractivity contribution in [1.29, 1.82) is 0 Å². The van der Waals surface area contributed by atoms with Crippen molar-refractivity contribution in [3.8, 4) is 0 Å². The molecule has 2 aliphatic carbocycles. The number of carbonyl (C=O) groups excluding carboxylic acids is 1. The first-order chi connectivity index (χ1) is 13.3. The van der Waals surface area contributed by atoms with Crippen molar-refractivity contribution >= 4 is 5.97 Å². The van der Waals surface area contributed by atoms with E-state index in [-0.39, 0.29) is 18.2 Å². The molecule has 3 heteroatoms. The summed E-state index contributed by atoms with van der Waals surface area (Å²) in [6, 6.07) is 0. The molecule has 168 valence electrons. The Morgan fingerprint density at radius 3 is 2.14 bits per heavy atom. The van der Waals surface area contributed by atoms with E-state index >= 15 is 0 Å². The van der Waals surface area contributed by atoms with Gasteiger partial charge in [0.15, 0.2) is 6.61 Å². The molecule has 2 rings (SSSR count). The number of hydrogen-bond acceptors (Lipinski definition) is 3. The van der Waals surface area contributed by atoms with Crippen LogP contribution in [0.15, 0.2) is 11.8 Å². The fourth-order valence-electron chi connectivity index (χ4n) is 5.35. The summed E-state index contributed by atoms with van der Waals surface area (Å²) in [6.45, 7) is 18.3. The van der Waals surface area contributed by atoms with Gasteiger partial charge in [0.1, 0.15) is 5.60 Å². The largest absolute Gasteiger partial charge is 0.487 e. The number of esters is 1. The van der Waals surface area contributed by atoms with Gasteiger partial charge in [-0.25, -0.2) is 4.79 Å². The molecule has 0 radical (unpaired) electrons. The highest BCUT2D eigenvalue weighted by Crippen LogP contribution is 2.45. The molecule has 0 amide bonds. The van der Waals surface area contributed by atoms with Crippen molar-refractivity contribution in [1.82, 2.24) is 0 Å². The van der Waals surface area contributed by atoms with Crippen molar-refractivity contribution < 1.29 is 14.3 Å². The zero-order valence-electron chi connectivity index (χ0n) is 20.4. The van der Waals surface area contributed by atoms with Gasteiger partial charge >= 0.3 is 5.97 Å². The summed E-state index contributed by atoms with van der Waals surface area (Å²) in [5.74, 6) is 2.61. The van der Waals surface area contributed by atoms with Crippen molar-refractivity contribution in [3.63, 3.8) is 0 Å². The average Bonchev–Trinajstić information content (AvgIpc) is 3.12. The van der Waals surface area contributed by atoms with E-state index in [2.05, 4.69) is 47.6 Å². The molecule has 3 nitrogen and oxygen atoms in total. The van der Waals surface area contributed by atoms with Crippen molar-refractivity contribution in [2.45, 2.75) is 112 Å². The maximum Gasteiger partial charge on any atom is 0.344 e. The van der Waals surface area contributed by atoms with Crippen molar-refractivity contribution in [2.24, 2.45) is 28.6 Å². The van der Waals surface area contributed by atoms with Gasteiger partial charge in [-0.05, 0) is 80.6 Å². The second kappa shape index (κ2) is 9.43. The Balaban J connectivity index is 1.85. The molecule has 0 heterocycles. The maximum absolute atomic E-state index is 12.3. The average molecular weight is 407 g/mol. The summed E-state index contributed by atoms with van der Waals surface area (Å²) in [5, 5.41) is 0. The number of rotatable bonds is 7. The van der Waals surface area contributed by atoms with Crippen LogP contribution in [0.3, 0.4) is 0 Å². The third-order valence-corrected chi connectivity index (χ3v) is 7.01. The number of allylic oxidation sites excluding steroid dienone is 2. The van der Waals surface area contributed by atoms with Gasteiger partial charge < -0.3 is 9.47 Å². The topological polar surface area (TPSA) is 35.5 Å². The molecule has 1 fully saturated rings. The molecular weight excluding hydrogens is 360 g/mol. The van der Waals surface area contributed by atoms with E-state index in [0.29, 0.717) is 28.6 Å². The van der Waals surface area contributed by atoms with Crippen LogP contribution in [0, 0.1) is 28.6 Å². The smallest absolute Gasteiger partial charge is 0.344 e. The van der Waals surface area contributed by atoms with Crippen LogP contribution >= 0.6 is 0 Å². The van der Waals surface area contributed by atoms with E-state index in [1.165, 1.54) is 19.3 Å². The fraction of sp³-hybridized carbons (Fsp3) is 0.885. The Kier molecular flexibility index (Phi) is 7.90. The van der Waals surface area contributed by atoms with Crippen molar-refractivity contribution in [2.75, 3.05) is 6.61 Å². The van der Waals surface area contributed by atoms with Crippen LogP contribution < -0.4 is 0 Å². The predicted molar refractivity (Wildman–Crippen MR) is 121 cm³/mol. The SMILES string of the molecule is CC(C)(C)CC(C1CC=C(OCC(=O)OC(C)(C)C2CCCC2)CC1)C(C)(C)C. The minimum atomic E-state index is -0.379. The maximum atomic E-state index is 12.3. The second-order valence-electron chi connectivity index (χ2n) is 12.3. The third-order valence-electron chi connectivity index (χ3n) is 7.01. The Labute approximate surface area is 180 Å². The van der Waals surface area contributed by atoms with E-state index < -0.39 is 0 Å². The first kappa shape index (κ1) is 24.3. The fourth-order valence-corrected chi connectivity index (χ4v) is 5.35. The lowest BCUT2D eigenvalue weighted by molar-refractivity contribution is -0.165.